The highest BCUT2D eigenvalue weighted by molar-refractivity contribution is 5.27. The maximum Gasteiger partial charge on any atom is 0.186 e. The van der Waals surface area contributed by atoms with E-state index >= 15 is 0 Å². The number of hydrogen-bond donors (Lipinski definition) is 5. The molecule has 0 radical (unpaired) electrons. The van der Waals surface area contributed by atoms with Crippen molar-refractivity contribution < 1.29 is 48.8 Å². The Morgan fingerprint density at radius 1 is 0.800 bits per heavy atom. The Bertz CT molecular complexity index is 695. The van der Waals surface area contributed by atoms with E-state index in [0.717, 1.165) is 5.56 Å². The van der Waals surface area contributed by atoms with Crippen LogP contribution in [-0.4, -0.2) is 117 Å². The Morgan fingerprint density at radius 2 is 1.43 bits per heavy atom. The highest BCUT2D eigenvalue weighted by Gasteiger charge is 2.43. The Balaban J connectivity index is 1.50. The average Bonchev–Trinajstić information content (AvgIpc) is 2.87. The zero-order valence-corrected chi connectivity index (χ0v) is 19.7. The van der Waals surface area contributed by atoms with Gasteiger partial charge >= 0.3 is 0 Å². The quantitative estimate of drug-likeness (QED) is 0.0701. The predicted octanol–water partition coefficient (Wildman–Crippen LogP) is -1.20. The summed E-state index contributed by atoms with van der Waals surface area (Å²) in [6.07, 6.45) is -5.86. The highest BCUT2D eigenvalue weighted by Crippen LogP contribution is 2.22. The summed E-state index contributed by atoms with van der Waals surface area (Å²) >= 11 is 0. The minimum atomic E-state index is -1.45. The minimum absolute atomic E-state index is 0.214. The van der Waals surface area contributed by atoms with Crippen LogP contribution in [0.25, 0.3) is 0 Å². The fourth-order valence-corrected chi connectivity index (χ4v) is 3.17. The molecular weight excluding hydrogens is 466 g/mol. The van der Waals surface area contributed by atoms with E-state index in [1.54, 1.807) is 0 Å². The number of ether oxygens (including phenoxy) is 6. The summed E-state index contributed by atoms with van der Waals surface area (Å²) in [5.41, 5.74) is 0.975. The molecule has 1 fully saturated rings. The fraction of sp³-hybridized carbons (Fsp3) is 0.727. The Labute approximate surface area is 204 Å². The number of benzene rings is 1. The lowest BCUT2D eigenvalue weighted by Crippen LogP contribution is -2.59. The van der Waals surface area contributed by atoms with E-state index in [0.29, 0.717) is 65.0 Å². The third-order valence-corrected chi connectivity index (χ3v) is 5.10. The lowest BCUT2D eigenvalue weighted by molar-refractivity contribution is -0.300. The molecule has 0 unspecified atom stereocenters. The second kappa shape index (κ2) is 17.5. The number of rotatable bonds is 18. The SMILES string of the molecule is NN=NCCOCCOCCOCCOc1ccc(CCO[C@@H]2O[C@H](CO)[C@@H](O)[C@H](O)[C@H]2O)cc1. The molecule has 2 rings (SSSR count). The van der Waals surface area contributed by atoms with Crippen LogP contribution in [-0.2, 0) is 30.1 Å². The van der Waals surface area contributed by atoms with Gasteiger partial charge in [0.2, 0.25) is 0 Å². The molecule has 5 atom stereocenters. The van der Waals surface area contributed by atoms with Gasteiger partial charge in [0, 0.05) is 0 Å². The molecule has 0 amide bonds. The fourth-order valence-electron chi connectivity index (χ4n) is 3.17. The lowest BCUT2D eigenvalue weighted by atomic mass is 9.99. The molecule has 0 aromatic heterocycles. The van der Waals surface area contributed by atoms with Crippen LogP contribution in [0.2, 0.25) is 0 Å². The number of nitrogens with zero attached hydrogens (tertiary/aromatic N) is 2. The summed E-state index contributed by atoms with van der Waals surface area (Å²) in [7, 11) is 0. The molecule has 0 saturated carbocycles. The molecule has 1 aliphatic heterocycles. The molecule has 13 nitrogen and oxygen atoms in total. The van der Waals surface area contributed by atoms with E-state index in [-0.39, 0.29) is 6.61 Å². The van der Waals surface area contributed by atoms with Crippen molar-refractivity contribution in [2.75, 3.05) is 66.0 Å². The Morgan fingerprint density at radius 3 is 2.06 bits per heavy atom. The summed E-state index contributed by atoms with van der Waals surface area (Å²) in [5, 5.41) is 45.5. The standard InChI is InChI=1S/C22H37N3O10/c23-25-24-6-8-30-9-10-31-11-12-32-13-14-33-17-3-1-16(2-4-17)5-7-34-22-21(29)20(28)19(27)18(15-26)35-22/h1-4,18-22,26-29H,5-15H2,(H2,23,24)/t18-,19-,20+,21-,22-/m1/s1. The van der Waals surface area contributed by atoms with Crippen LogP contribution in [0.15, 0.2) is 34.6 Å². The van der Waals surface area contributed by atoms with Crippen molar-refractivity contribution in [1.29, 1.82) is 0 Å². The van der Waals surface area contributed by atoms with Gasteiger partial charge in [-0.2, -0.15) is 5.11 Å². The highest BCUT2D eigenvalue weighted by atomic mass is 16.7. The van der Waals surface area contributed by atoms with Gasteiger partial charge in [0.1, 0.15) is 36.8 Å². The maximum absolute atomic E-state index is 9.98. The molecule has 1 saturated heterocycles. The van der Waals surface area contributed by atoms with Gasteiger partial charge in [-0.1, -0.05) is 17.4 Å². The van der Waals surface area contributed by atoms with Crippen LogP contribution in [0.4, 0.5) is 0 Å². The monoisotopic (exact) mass is 503 g/mol. The van der Waals surface area contributed by atoms with Gasteiger partial charge in [0.15, 0.2) is 6.29 Å². The van der Waals surface area contributed by atoms with Crippen LogP contribution < -0.4 is 10.6 Å². The summed E-state index contributed by atoms with van der Waals surface area (Å²) < 4.78 is 32.6. The number of nitrogens with two attached hydrogens (primary N) is 1. The summed E-state index contributed by atoms with van der Waals surface area (Å²) in [6, 6.07) is 7.45. The van der Waals surface area contributed by atoms with E-state index in [9.17, 15) is 20.4 Å². The van der Waals surface area contributed by atoms with Gasteiger partial charge < -0.3 is 54.7 Å². The predicted molar refractivity (Wildman–Crippen MR) is 122 cm³/mol. The van der Waals surface area contributed by atoms with Crippen molar-refractivity contribution >= 4 is 0 Å². The first-order chi connectivity index (χ1) is 17.1. The van der Waals surface area contributed by atoms with Crippen LogP contribution >= 0.6 is 0 Å². The van der Waals surface area contributed by atoms with Gasteiger partial charge in [-0.05, 0) is 24.1 Å². The zero-order chi connectivity index (χ0) is 25.3. The van der Waals surface area contributed by atoms with Crippen LogP contribution in [0.1, 0.15) is 5.56 Å². The number of aliphatic hydroxyl groups excluding tert-OH is 4. The molecule has 6 N–H and O–H groups in total. The molecule has 35 heavy (non-hydrogen) atoms. The first kappa shape index (κ1) is 29.3. The molecule has 0 bridgehead atoms. The summed E-state index contributed by atoms with van der Waals surface area (Å²) in [6.45, 7) is 3.30. The van der Waals surface area contributed by atoms with E-state index in [1.165, 1.54) is 0 Å². The van der Waals surface area contributed by atoms with Crippen molar-refractivity contribution in [2.24, 2.45) is 16.2 Å². The van der Waals surface area contributed by atoms with Gasteiger partial charge in [-0.25, -0.2) is 0 Å². The topological polar surface area (TPSA) is 187 Å². The molecule has 0 spiro atoms. The number of aliphatic hydroxyl groups is 4. The summed E-state index contributed by atoms with van der Waals surface area (Å²) in [4.78, 5) is 0. The van der Waals surface area contributed by atoms with Gasteiger partial charge in [-0.3, -0.25) is 0 Å². The zero-order valence-electron chi connectivity index (χ0n) is 19.7. The van der Waals surface area contributed by atoms with Crippen LogP contribution in [0.5, 0.6) is 5.75 Å². The van der Waals surface area contributed by atoms with Gasteiger partial charge in [0.25, 0.3) is 0 Å². The van der Waals surface area contributed by atoms with E-state index in [2.05, 4.69) is 10.3 Å². The second-order valence-corrected chi connectivity index (χ2v) is 7.63. The first-order valence-corrected chi connectivity index (χ1v) is 11.5. The maximum atomic E-state index is 9.98. The second-order valence-electron chi connectivity index (χ2n) is 7.63. The van der Waals surface area contributed by atoms with Crippen LogP contribution in [0.3, 0.4) is 0 Å². The molecule has 13 heteroatoms. The normalized spacial score (nSPS) is 24.7. The largest absolute Gasteiger partial charge is 0.491 e. The number of hydrogen-bond acceptors (Lipinski definition) is 12. The minimum Gasteiger partial charge on any atom is -0.491 e. The molecule has 1 heterocycles. The first-order valence-electron chi connectivity index (χ1n) is 11.5. The Kier molecular flexibility index (Phi) is 14.6. The van der Waals surface area contributed by atoms with Crippen molar-refractivity contribution in [3.05, 3.63) is 29.8 Å². The lowest BCUT2D eigenvalue weighted by Gasteiger charge is -2.39. The third-order valence-electron chi connectivity index (χ3n) is 5.10. The van der Waals surface area contributed by atoms with E-state index in [4.69, 9.17) is 34.3 Å². The molecule has 0 aliphatic carbocycles. The van der Waals surface area contributed by atoms with E-state index in [1.807, 2.05) is 24.3 Å². The summed E-state index contributed by atoms with van der Waals surface area (Å²) in [5.74, 6) is 5.58. The van der Waals surface area contributed by atoms with E-state index < -0.39 is 37.3 Å². The van der Waals surface area contributed by atoms with Crippen LogP contribution in [0, 0.1) is 0 Å². The molecule has 1 aliphatic rings. The molecule has 200 valence electrons. The molecule has 1 aromatic rings. The molecular formula is C22H37N3O10. The average molecular weight is 504 g/mol. The third kappa shape index (κ3) is 11.1. The Hall–Kier alpha value is -1.94. The van der Waals surface area contributed by atoms with Crippen molar-refractivity contribution in [3.8, 4) is 5.75 Å². The molecule has 1 aromatic carbocycles. The smallest absolute Gasteiger partial charge is 0.186 e. The van der Waals surface area contributed by atoms with Crippen molar-refractivity contribution in [2.45, 2.75) is 37.1 Å². The van der Waals surface area contributed by atoms with Crippen molar-refractivity contribution in [3.63, 3.8) is 0 Å². The van der Waals surface area contributed by atoms with Crippen molar-refractivity contribution in [1.82, 2.24) is 0 Å². The van der Waals surface area contributed by atoms with Gasteiger partial charge in [0.05, 0.1) is 59.4 Å². The van der Waals surface area contributed by atoms with Gasteiger partial charge in [-0.15, -0.1) is 0 Å².